The first kappa shape index (κ1) is 21.0. The molecular weight excluding hydrogens is 388 g/mol. The zero-order chi connectivity index (χ0) is 21.5. The molecule has 1 aliphatic heterocycles. The van der Waals surface area contributed by atoms with E-state index < -0.39 is 0 Å². The van der Waals surface area contributed by atoms with Crippen LogP contribution in [0, 0.1) is 0 Å². The summed E-state index contributed by atoms with van der Waals surface area (Å²) in [4.78, 5) is 14.6. The number of ether oxygens (including phenoxy) is 1. The number of H-pyrrole nitrogens is 1. The molecule has 0 radical (unpaired) electrons. The largest absolute Gasteiger partial charge is 0.497 e. The molecule has 1 amide bonds. The molecule has 2 aromatic carbocycles. The number of rotatable bonds is 8. The maximum absolute atomic E-state index is 12.3. The van der Waals surface area contributed by atoms with Gasteiger partial charge in [0.05, 0.1) is 12.8 Å². The van der Waals surface area contributed by atoms with Crippen molar-refractivity contribution in [2.45, 2.75) is 38.1 Å². The number of methoxy groups -OCH3 is 1. The summed E-state index contributed by atoms with van der Waals surface area (Å²) in [6.07, 6.45) is 4.29. The molecule has 1 fully saturated rings. The quantitative estimate of drug-likeness (QED) is 0.575. The zero-order valence-electron chi connectivity index (χ0n) is 18.0. The van der Waals surface area contributed by atoms with Gasteiger partial charge in [0.25, 0.3) is 0 Å². The standard InChI is InChI=1S/C25H30N4O2/c1-31-22-12-10-20(11-13-22)23-18-24(28-27-23)29-16-14-21(15-17-29)26-25(30)9-5-8-19-6-3-2-4-7-19/h2-4,6-7,10-13,18,21H,5,8-9,14-17H2,1H3,(H,26,30)(H,27,28). The number of aromatic amines is 1. The molecule has 3 aromatic rings. The number of aryl methyl sites for hydroxylation is 1. The van der Waals surface area contributed by atoms with Crippen molar-refractivity contribution in [1.82, 2.24) is 15.5 Å². The Kier molecular flexibility index (Phi) is 6.87. The predicted molar refractivity (Wildman–Crippen MR) is 123 cm³/mol. The van der Waals surface area contributed by atoms with Gasteiger partial charge in [-0.05, 0) is 61.1 Å². The van der Waals surface area contributed by atoms with Crippen molar-refractivity contribution in [2.24, 2.45) is 0 Å². The summed E-state index contributed by atoms with van der Waals surface area (Å²) >= 11 is 0. The smallest absolute Gasteiger partial charge is 0.220 e. The highest BCUT2D eigenvalue weighted by molar-refractivity contribution is 5.76. The number of piperidine rings is 1. The van der Waals surface area contributed by atoms with E-state index in [-0.39, 0.29) is 11.9 Å². The van der Waals surface area contributed by atoms with Crippen LogP contribution in [0.2, 0.25) is 0 Å². The van der Waals surface area contributed by atoms with Crippen molar-refractivity contribution in [2.75, 3.05) is 25.1 Å². The van der Waals surface area contributed by atoms with Gasteiger partial charge in [0.1, 0.15) is 5.75 Å². The Labute approximate surface area is 183 Å². The van der Waals surface area contributed by atoms with Crippen LogP contribution in [0.3, 0.4) is 0 Å². The Balaban J connectivity index is 1.21. The van der Waals surface area contributed by atoms with Gasteiger partial charge in [0.15, 0.2) is 5.82 Å². The molecule has 1 aliphatic rings. The fourth-order valence-electron chi connectivity index (χ4n) is 4.04. The van der Waals surface area contributed by atoms with Crippen LogP contribution in [0.1, 0.15) is 31.2 Å². The molecule has 1 saturated heterocycles. The van der Waals surface area contributed by atoms with Gasteiger partial charge in [-0.25, -0.2) is 0 Å². The third-order valence-electron chi connectivity index (χ3n) is 5.86. The number of carbonyl (C=O) groups excluding carboxylic acids is 1. The summed E-state index contributed by atoms with van der Waals surface area (Å²) in [5.74, 6) is 1.96. The molecule has 162 valence electrons. The second kappa shape index (κ2) is 10.2. The van der Waals surface area contributed by atoms with E-state index in [1.165, 1.54) is 5.56 Å². The molecule has 6 nitrogen and oxygen atoms in total. The Morgan fingerprint density at radius 1 is 1.13 bits per heavy atom. The monoisotopic (exact) mass is 418 g/mol. The number of aromatic nitrogens is 2. The average Bonchev–Trinajstić information content (AvgIpc) is 3.31. The lowest BCUT2D eigenvalue weighted by atomic mass is 10.0. The number of benzene rings is 2. The summed E-state index contributed by atoms with van der Waals surface area (Å²) in [5, 5.41) is 10.8. The van der Waals surface area contributed by atoms with E-state index in [1.54, 1.807) is 7.11 Å². The number of nitrogens with one attached hydrogen (secondary N) is 2. The van der Waals surface area contributed by atoms with Crippen molar-refractivity contribution < 1.29 is 9.53 Å². The van der Waals surface area contributed by atoms with Crippen LogP contribution in [0.15, 0.2) is 60.7 Å². The molecule has 2 N–H and O–H groups in total. The van der Waals surface area contributed by atoms with Crippen molar-refractivity contribution >= 4 is 11.7 Å². The summed E-state index contributed by atoms with van der Waals surface area (Å²) in [5.41, 5.74) is 3.36. The lowest BCUT2D eigenvalue weighted by molar-refractivity contribution is -0.122. The van der Waals surface area contributed by atoms with Gasteiger partial charge < -0.3 is 15.0 Å². The molecular formula is C25H30N4O2. The molecule has 31 heavy (non-hydrogen) atoms. The Morgan fingerprint density at radius 3 is 2.58 bits per heavy atom. The summed E-state index contributed by atoms with van der Waals surface area (Å²) < 4.78 is 5.22. The lowest BCUT2D eigenvalue weighted by Gasteiger charge is -2.32. The van der Waals surface area contributed by atoms with Crippen molar-refractivity contribution in [3.8, 4) is 17.0 Å². The van der Waals surface area contributed by atoms with Gasteiger partial charge in [0, 0.05) is 31.6 Å². The highest BCUT2D eigenvalue weighted by atomic mass is 16.5. The van der Waals surface area contributed by atoms with E-state index in [4.69, 9.17) is 4.74 Å². The number of carbonyl (C=O) groups is 1. The minimum atomic E-state index is 0.163. The van der Waals surface area contributed by atoms with Gasteiger partial charge in [-0.15, -0.1) is 0 Å². The highest BCUT2D eigenvalue weighted by Gasteiger charge is 2.22. The molecule has 6 heteroatoms. The van der Waals surface area contributed by atoms with E-state index in [2.05, 4.69) is 38.6 Å². The molecule has 0 saturated carbocycles. The van der Waals surface area contributed by atoms with Gasteiger partial charge in [0.2, 0.25) is 5.91 Å². The van der Waals surface area contributed by atoms with Crippen LogP contribution < -0.4 is 15.0 Å². The van der Waals surface area contributed by atoms with Crippen LogP contribution in [0.4, 0.5) is 5.82 Å². The fourth-order valence-corrected chi connectivity index (χ4v) is 4.04. The summed E-state index contributed by atoms with van der Waals surface area (Å²) in [7, 11) is 1.67. The Bertz CT molecular complexity index is 961. The number of nitrogens with zero attached hydrogens (tertiary/aromatic N) is 2. The molecule has 4 rings (SSSR count). The number of anilines is 1. The maximum atomic E-state index is 12.3. The van der Waals surface area contributed by atoms with Gasteiger partial charge in [-0.3, -0.25) is 9.89 Å². The van der Waals surface area contributed by atoms with Crippen LogP contribution in [-0.4, -0.2) is 42.3 Å². The van der Waals surface area contributed by atoms with E-state index in [0.29, 0.717) is 6.42 Å². The average molecular weight is 419 g/mol. The third kappa shape index (κ3) is 5.66. The number of amides is 1. The zero-order valence-corrected chi connectivity index (χ0v) is 18.0. The second-order valence-corrected chi connectivity index (χ2v) is 8.04. The normalized spacial score (nSPS) is 14.4. The second-order valence-electron chi connectivity index (χ2n) is 8.04. The highest BCUT2D eigenvalue weighted by Crippen LogP contribution is 2.25. The minimum Gasteiger partial charge on any atom is -0.497 e. The van der Waals surface area contributed by atoms with E-state index in [9.17, 15) is 4.79 Å². The third-order valence-corrected chi connectivity index (χ3v) is 5.86. The van der Waals surface area contributed by atoms with Crippen LogP contribution >= 0.6 is 0 Å². The first-order chi connectivity index (χ1) is 15.2. The molecule has 1 aromatic heterocycles. The molecule has 0 aliphatic carbocycles. The number of hydrogen-bond acceptors (Lipinski definition) is 4. The SMILES string of the molecule is COc1ccc(-c2cc(N3CCC(NC(=O)CCCc4ccccc4)CC3)n[nH]2)cc1. The lowest BCUT2D eigenvalue weighted by Crippen LogP contribution is -2.44. The van der Waals surface area contributed by atoms with Gasteiger partial charge in [-0.1, -0.05) is 30.3 Å². The topological polar surface area (TPSA) is 70.2 Å². The minimum absolute atomic E-state index is 0.163. The van der Waals surface area contributed by atoms with Crippen LogP contribution in [0.5, 0.6) is 5.75 Å². The molecule has 0 atom stereocenters. The summed E-state index contributed by atoms with van der Waals surface area (Å²) in [6, 6.07) is 20.6. The van der Waals surface area contributed by atoms with E-state index in [0.717, 1.165) is 61.6 Å². The van der Waals surface area contributed by atoms with Gasteiger partial charge in [-0.2, -0.15) is 5.10 Å². The Morgan fingerprint density at radius 2 is 1.87 bits per heavy atom. The van der Waals surface area contributed by atoms with E-state index >= 15 is 0 Å². The molecule has 2 heterocycles. The summed E-state index contributed by atoms with van der Waals surface area (Å²) in [6.45, 7) is 1.78. The van der Waals surface area contributed by atoms with Crippen LogP contribution in [0.25, 0.3) is 11.3 Å². The molecule has 0 bridgehead atoms. The van der Waals surface area contributed by atoms with Crippen molar-refractivity contribution in [3.63, 3.8) is 0 Å². The van der Waals surface area contributed by atoms with E-state index in [1.807, 2.05) is 42.5 Å². The molecule has 0 spiro atoms. The van der Waals surface area contributed by atoms with Gasteiger partial charge >= 0.3 is 0 Å². The Hall–Kier alpha value is -3.28. The van der Waals surface area contributed by atoms with Crippen molar-refractivity contribution in [3.05, 3.63) is 66.2 Å². The first-order valence-electron chi connectivity index (χ1n) is 11.0. The first-order valence-corrected chi connectivity index (χ1v) is 11.0. The molecule has 0 unspecified atom stereocenters. The fraction of sp³-hybridized carbons (Fsp3) is 0.360. The number of hydrogen-bond donors (Lipinski definition) is 2. The predicted octanol–water partition coefficient (Wildman–Crippen LogP) is 4.19. The van der Waals surface area contributed by atoms with Crippen molar-refractivity contribution in [1.29, 1.82) is 0 Å². The maximum Gasteiger partial charge on any atom is 0.220 e. The van der Waals surface area contributed by atoms with Crippen LogP contribution in [-0.2, 0) is 11.2 Å².